The largest absolute Gasteiger partial charge is 0.278 e. The van der Waals surface area contributed by atoms with E-state index in [2.05, 4.69) is 10.5 Å². The van der Waals surface area contributed by atoms with Crippen molar-refractivity contribution >= 4 is 46.7 Å². The molecule has 0 radical (unpaired) electrons. The van der Waals surface area contributed by atoms with Gasteiger partial charge in [-0.1, -0.05) is 46.9 Å². The maximum Gasteiger partial charge on any atom is 0.0576 e. The average molecular weight is 300 g/mol. The number of rotatable bonds is 3. The highest BCUT2D eigenvalue weighted by molar-refractivity contribution is 6.36. The van der Waals surface area contributed by atoms with Crippen LogP contribution in [0.1, 0.15) is 5.56 Å². The molecule has 0 spiro atoms. The molecule has 0 bridgehead atoms. The van der Waals surface area contributed by atoms with E-state index >= 15 is 0 Å². The molecule has 0 aliphatic carbocycles. The van der Waals surface area contributed by atoms with Gasteiger partial charge in [0.25, 0.3) is 0 Å². The van der Waals surface area contributed by atoms with Gasteiger partial charge >= 0.3 is 0 Å². The molecule has 0 heterocycles. The minimum absolute atomic E-state index is 0.555. The van der Waals surface area contributed by atoms with Gasteiger partial charge in [0.1, 0.15) is 0 Å². The second-order valence-electron chi connectivity index (χ2n) is 3.55. The first-order valence-electron chi connectivity index (χ1n) is 5.15. The van der Waals surface area contributed by atoms with Gasteiger partial charge in [-0.3, -0.25) is 5.43 Å². The van der Waals surface area contributed by atoms with E-state index in [1.54, 1.807) is 36.5 Å². The van der Waals surface area contributed by atoms with E-state index in [-0.39, 0.29) is 0 Å². The van der Waals surface area contributed by atoms with Gasteiger partial charge in [-0.25, -0.2) is 0 Å². The van der Waals surface area contributed by atoms with Gasteiger partial charge in [0.15, 0.2) is 0 Å². The fourth-order valence-electron chi connectivity index (χ4n) is 1.34. The van der Waals surface area contributed by atoms with Gasteiger partial charge in [0.05, 0.1) is 16.9 Å². The first-order chi connectivity index (χ1) is 8.65. The molecule has 5 heteroatoms. The number of nitrogens with zero attached hydrogens (tertiary/aromatic N) is 1. The van der Waals surface area contributed by atoms with Crippen LogP contribution in [0.15, 0.2) is 47.6 Å². The molecule has 2 nitrogen and oxygen atoms in total. The van der Waals surface area contributed by atoms with Crippen LogP contribution in [0, 0.1) is 0 Å². The molecule has 1 N–H and O–H groups in total. The van der Waals surface area contributed by atoms with Gasteiger partial charge in [0, 0.05) is 15.6 Å². The van der Waals surface area contributed by atoms with E-state index in [1.165, 1.54) is 0 Å². The quantitative estimate of drug-likeness (QED) is 0.619. The van der Waals surface area contributed by atoms with E-state index in [0.29, 0.717) is 15.1 Å². The third kappa shape index (κ3) is 3.64. The molecule has 2 rings (SSSR count). The Kier molecular flexibility index (Phi) is 4.48. The van der Waals surface area contributed by atoms with Crippen molar-refractivity contribution in [1.82, 2.24) is 0 Å². The second kappa shape index (κ2) is 6.10. The minimum Gasteiger partial charge on any atom is -0.278 e. The van der Waals surface area contributed by atoms with Crippen molar-refractivity contribution in [3.8, 4) is 0 Å². The molecule has 0 amide bonds. The summed E-state index contributed by atoms with van der Waals surface area (Å²) < 4.78 is 0. The zero-order valence-corrected chi connectivity index (χ0v) is 11.5. The number of halogens is 3. The molecule has 0 saturated carbocycles. The van der Waals surface area contributed by atoms with Gasteiger partial charge in [-0.15, -0.1) is 0 Å². The van der Waals surface area contributed by atoms with Crippen LogP contribution in [0.25, 0.3) is 0 Å². The van der Waals surface area contributed by atoms with Crippen LogP contribution < -0.4 is 5.43 Å². The van der Waals surface area contributed by atoms with E-state index in [9.17, 15) is 0 Å². The smallest absolute Gasteiger partial charge is 0.0576 e. The lowest BCUT2D eigenvalue weighted by Gasteiger charge is -2.01. The predicted octanol–water partition coefficient (Wildman–Crippen LogP) is 5.09. The van der Waals surface area contributed by atoms with Crippen molar-refractivity contribution in [1.29, 1.82) is 0 Å². The summed E-state index contributed by atoms with van der Waals surface area (Å²) in [5, 5.41) is 5.89. The molecule has 18 heavy (non-hydrogen) atoms. The fraction of sp³-hybridized carbons (Fsp3) is 0. The molecule has 0 saturated heterocycles. The van der Waals surface area contributed by atoms with E-state index in [0.717, 1.165) is 11.3 Å². The molecule has 0 atom stereocenters. The third-order valence-corrected chi connectivity index (χ3v) is 2.98. The highest BCUT2D eigenvalue weighted by Gasteiger charge is 1.98. The number of nitrogens with one attached hydrogen (secondary N) is 1. The number of hydrogen-bond acceptors (Lipinski definition) is 2. The summed E-state index contributed by atoms with van der Waals surface area (Å²) in [6.45, 7) is 0. The summed E-state index contributed by atoms with van der Waals surface area (Å²) in [5.41, 5.74) is 4.47. The third-order valence-electron chi connectivity index (χ3n) is 2.18. The van der Waals surface area contributed by atoms with Crippen LogP contribution >= 0.6 is 34.8 Å². The summed E-state index contributed by atoms with van der Waals surface area (Å²) in [4.78, 5) is 0. The molecular formula is C13H9Cl3N2. The Balaban J connectivity index is 2.07. The van der Waals surface area contributed by atoms with Crippen molar-refractivity contribution < 1.29 is 0 Å². The first kappa shape index (κ1) is 13.2. The van der Waals surface area contributed by atoms with Crippen LogP contribution in [0.5, 0.6) is 0 Å². The summed E-state index contributed by atoms with van der Waals surface area (Å²) in [6, 6.07) is 12.5. The Morgan fingerprint density at radius 1 is 0.944 bits per heavy atom. The summed E-state index contributed by atoms with van der Waals surface area (Å²) in [6.07, 6.45) is 1.62. The van der Waals surface area contributed by atoms with Gasteiger partial charge < -0.3 is 0 Å². The van der Waals surface area contributed by atoms with Crippen molar-refractivity contribution in [3.63, 3.8) is 0 Å². The Morgan fingerprint density at radius 3 is 2.44 bits per heavy atom. The van der Waals surface area contributed by atoms with Crippen molar-refractivity contribution in [2.45, 2.75) is 0 Å². The van der Waals surface area contributed by atoms with E-state index < -0.39 is 0 Å². The molecule has 92 valence electrons. The van der Waals surface area contributed by atoms with Gasteiger partial charge in [0.2, 0.25) is 0 Å². The van der Waals surface area contributed by atoms with E-state index in [1.807, 2.05) is 12.1 Å². The van der Waals surface area contributed by atoms with Crippen LogP contribution in [0.2, 0.25) is 15.1 Å². The Bertz CT molecular complexity index is 582. The van der Waals surface area contributed by atoms with Crippen LogP contribution in [-0.4, -0.2) is 6.21 Å². The number of anilines is 1. The highest BCUT2D eigenvalue weighted by Crippen LogP contribution is 2.19. The molecule has 0 fully saturated rings. The molecule has 2 aromatic rings. The van der Waals surface area contributed by atoms with Gasteiger partial charge in [-0.05, 0) is 30.3 Å². The maximum atomic E-state index is 6.01. The van der Waals surface area contributed by atoms with Crippen molar-refractivity contribution in [2.75, 3.05) is 5.43 Å². The standard InChI is InChI=1S/C13H9Cl3N2/c14-10-2-1-3-12(6-10)18-17-8-9-4-5-11(15)7-13(9)16/h1-8,18H/b17-8+. The normalized spacial score (nSPS) is 10.8. The van der Waals surface area contributed by atoms with Crippen LogP contribution in [-0.2, 0) is 0 Å². The van der Waals surface area contributed by atoms with Crippen LogP contribution in [0.3, 0.4) is 0 Å². The lowest BCUT2D eigenvalue weighted by Crippen LogP contribution is -1.91. The first-order valence-corrected chi connectivity index (χ1v) is 6.28. The molecule has 0 aromatic heterocycles. The predicted molar refractivity (Wildman–Crippen MR) is 79.1 cm³/mol. The SMILES string of the molecule is Clc1cccc(N/N=C/c2ccc(Cl)cc2Cl)c1. The number of hydrogen-bond donors (Lipinski definition) is 1. The lowest BCUT2D eigenvalue weighted by atomic mass is 10.2. The molecule has 0 aliphatic heterocycles. The molecule has 2 aromatic carbocycles. The fourth-order valence-corrected chi connectivity index (χ4v) is 1.99. The lowest BCUT2D eigenvalue weighted by molar-refractivity contribution is 1.35. The van der Waals surface area contributed by atoms with E-state index in [4.69, 9.17) is 34.8 Å². The highest BCUT2D eigenvalue weighted by atomic mass is 35.5. The maximum absolute atomic E-state index is 6.01. The number of benzene rings is 2. The topological polar surface area (TPSA) is 24.4 Å². The number of hydrazone groups is 1. The van der Waals surface area contributed by atoms with Gasteiger partial charge in [-0.2, -0.15) is 5.10 Å². The van der Waals surface area contributed by atoms with Crippen molar-refractivity contribution in [3.05, 3.63) is 63.1 Å². The summed E-state index contributed by atoms with van der Waals surface area (Å²) in [5.74, 6) is 0. The molecular weight excluding hydrogens is 291 g/mol. The average Bonchev–Trinajstić information content (AvgIpc) is 2.32. The summed E-state index contributed by atoms with van der Waals surface area (Å²) >= 11 is 17.7. The Morgan fingerprint density at radius 2 is 1.72 bits per heavy atom. The zero-order valence-electron chi connectivity index (χ0n) is 9.20. The summed E-state index contributed by atoms with van der Waals surface area (Å²) in [7, 11) is 0. The van der Waals surface area contributed by atoms with Crippen LogP contribution in [0.4, 0.5) is 5.69 Å². The Hall–Kier alpha value is -1.22. The minimum atomic E-state index is 0.555. The molecule has 0 unspecified atom stereocenters. The Labute approximate surface area is 120 Å². The molecule has 0 aliphatic rings. The van der Waals surface area contributed by atoms with Crippen molar-refractivity contribution in [2.24, 2.45) is 5.10 Å². The monoisotopic (exact) mass is 298 g/mol. The second-order valence-corrected chi connectivity index (χ2v) is 4.83. The zero-order chi connectivity index (χ0) is 13.0.